The van der Waals surface area contributed by atoms with Crippen molar-refractivity contribution < 1.29 is 9.59 Å². The van der Waals surface area contributed by atoms with Crippen LogP contribution < -0.4 is 10.5 Å². The van der Waals surface area contributed by atoms with Gasteiger partial charge in [0.15, 0.2) is 0 Å². The molecule has 4 aliphatic rings. The monoisotopic (exact) mass is 566 g/mol. The minimum Gasteiger partial charge on any atom is -0.283 e. The third kappa shape index (κ3) is 2.48. The molecule has 4 aromatic rings. The van der Waals surface area contributed by atoms with Crippen LogP contribution in [0.3, 0.4) is 0 Å². The summed E-state index contributed by atoms with van der Waals surface area (Å²) in [4.78, 5) is 51.5. The molecule has 0 saturated carbocycles. The summed E-state index contributed by atoms with van der Waals surface area (Å²) in [5.74, 6) is -1.05. The van der Waals surface area contributed by atoms with Crippen molar-refractivity contribution >= 4 is 44.3 Å². The molecule has 4 aliphatic heterocycles. The molecule has 5 heterocycles. The fourth-order valence-electron chi connectivity index (χ4n) is 7.64. The Morgan fingerprint density at radius 1 is 0.947 bits per heavy atom. The number of aromatic nitrogens is 2. The second kappa shape index (κ2) is 7.48. The molecule has 8 rings (SSSR count). The number of hydrogen-bond donors (Lipinski definition) is 0. The second-order valence-electron chi connectivity index (χ2n) is 10.7. The predicted octanol–water partition coefficient (Wildman–Crippen LogP) is 4.30. The average Bonchev–Trinajstić information content (AvgIpc) is 3.62. The maximum absolute atomic E-state index is 14.5. The van der Waals surface area contributed by atoms with E-state index < -0.39 is 17.4 Å². The number of benzene rings is 3. The Balaban J connectivity index is 1.45. The molecule has 38 heavy (non-hydrogen) atoms. The molecule has 3 aromatic carbocycles. The number of imide groups is 1. The van der Waals surface area contributed by atoms with Gasteiger partial charge in [-0.1, -0.05) is 36.4 Å². The minimum atomic E-state index is -0.996. The number of anilines is 1. The van der Waals surface area contributed by atoms with Gasteiger partial charge in [-0.2, -0.15) is 0 Å². The third-order valence-electron chi connectivity index (χ3n) is 8.98. The van der Waals surface area contributed by atoms with Gasteiger partial charge in [-0.25, -0.2) is 9.88 Å². The Morgan fingerprint density at radius 2 is 1.74 bits per heavy atom. The van der Waals surface area contributed by atoms with Crippen LogP contribution in [0.2, 0.25) is 0 Å². The van der Waals surface area contributed by atoms with Gasteiger partial charge in [0, 0.05) is 16.1 Å². The van der Waals surface area contributed by atoms with Crippen LogP contribution in [0.4, 0.5) is 5.69 Å². The molecule has 0 N–H and O–H groups in total. The number of rotatable bonds is 1. The molecule has 0 unspecified atom stereocenters. The highest BCUT2D eigenvalue weighted by Crippen LogP contribution is 2.62. The molecule has 1 aromatic heterocycles. The summed E-state index contributed by atoms with van der Waals surface area (Å²) in [6, 6.07) is 20.7. The van der Waals surface area contributed by atoms with Gasteiger partial charge in [0.1, 0.15) is 11.4 Å². The number of halogens is 1. The fourth-order valence-corrected chi connectivity index (χ4v) is 8.31. The van der Waals surface area contributed by atoms with Crippen LogP contribution in [0.15, 0.2) is 76.0 Å². The van der Waals surface area contributed by atoms with Crippen molar-refractivity contribution in [1.82, 2.24) is 14.5 Å². The first-order valence-electron chi connectivity index (χ1n) is 13.0. The first kappa shape index (κ1) is 22.4. The number of aryl methyl sites for hydroxylation is 1. The normalized spacial score (nSPS) is 27.3. The molecule has 0 aliphatic carbocycles. The Kier molecular flexibility index (Phi) is 4.41. The number of carbonyl (C=O) groups excluding carboxylic acids is 2. The van der Waals surface area contributed by atoms with Gasteiger partial charge in [0.2, 0.25) is 11.8 Å². The van der Waals surface area contributed by atoms with Gasteiger partial charge in [0.25, 0.3) is 5.56 Å². The van der Waals surface area contributed by atoms with Crippen LogP contribution in [0.5, 0.6) is 0 Å². The van der Waals surface area contributed by atoms with Gasteiger partial charge in [-0.05, 0) is 78.1 Å². The van der Waals surface area contributed by atoms with Crippen LogP contribution in [0.1, 0.15) is 29.8 Å². The second-order valence-corrected chi connectivity index (χ2v) is 11.6. The lowest BCUT2D eigenvalue weighted by Crippen LogP contribution is -2.51. The average molecular weight is 567 g/mol. The van der Waals surface area contributed by atoms with Gasteiger partial charge in [-0.3, -0.25) is 23.9 Å². The van der Waals surface area contributed by atoms with Crippen LogP contribution >= 0.6 is 15.9 Å². The largest absolute Gasteiger partial charge is 0.283 e. The van der Waals surface area contributed by atoms with Crippen LogP contribution in [0.25, 0.3) is 16.6 Å². The van der Waals surface area contributed by atoms with Crippen molar-refractivity contribution in [3.63, 3.8) is 0 Å². The molecular formula is C30H23BrN4O3. The highest BCUT2D eigenvalue weighted by molar-refractivity contribution is 9.10. The van der Waals surface area contributed by atoms with Gasteiger partial charge < -0.3 is 0 Å². The standard InChI is InChI=1S/C30H23BrN4O3/c1-16-12-13-22(19(31)15-16)34-27(37)24-23-11-6-14-33(23)30(25(24)28(34)38)18-8-3-5-10-21(18)35-26(36)17-7-2-4-9-20(17)32-29(30)35/h2-5,7-10,12-13,15,23-25H,6,11,14H2,1H3/t23-,24+,25-,30+/m1/s1. The highest BCUT2D eigenvalue weighted by atomic mass is 79.9. The maximum atomic E-state index is 14.5. The van der Waals surface area contributed by atoms with Crippen molar-refractivity contribution in [2.75, 3.05) is 11.4 Å². The van der Waals surface area contributed by atoms with E-state index in [0.717, 1.165) is 36.2 Å². The first-order valence-corrected chi connectivity index (χ1v) is 13.8. The van der Waals surface area contributed by atoms with E-state index in [9.17, 15) is 14.4 Å². The first-order chi connectivity index (χ1) is 18.4. The topological polar surface area (TPSA) is 75.5 Å². The summed E-state index contributed by atoms with van der Waals surface area (Å²) >= 11 is 3.60. The van der Waals surface area contributed by atoms with Gasteiger partial charge in [0.05, 0.1) is 34.1 Å². The van der Waals surface area contributed by atoms with E-state index in [2.05, 4.69) is 20.8 Å². The number of fused-ring (bicyclic) bond motifs is 11. The Morgan fingerprint density at radius 3 is 2.58 bits per heavy atom. The molecule has 2 amide bonds. The number of hydrogen-bond acceptors (Lipinski definition) is 5. The number of para-hydroxylation sites is 2. The van der Waals surface area contributed by atoms with E-state index in [1.807, 2.05) is 67.6 Å². The van der Waals surface area contributed by atoms with Crippen molar-refractivity contribution in [3.05, 3.63) is 98.5 Å². The highest BCUT2D eigenvalue weighted by Gasteiger charge is 2.73. The van der Waals surface area contributed by atoms with Gasteiger partial charge >= 0.3 is 0 Å². The number of amides is 2. The van der Waals surface area contributed by atoms with Crippen molar-refractivity contribution in [3.8, 4) is 5.69 Å². The fraction of sp³-hybridized carbons (Fsp3) is 0.267. The zero-order valence-corrected chi connectivity index (χ0v) is 22.2. The molecule has 4 atom stereocenters. The molecule has 1 spiro atoms. The van der Waals surface area contributed by atoms with Crippen LogP contribution in [0, 0.1) is 18.8 Å². The van der Waals surface area contributed by atoms with E-state index in [1.54, 1.807) is 10.6 Å². The van der Waals surface area contributed by atoms with Crippen molar-refractivity contribution in [2.24, 2.45) is 11.8 Å². The molecule has 0 bridgehead atoms. The number of carbonyl (C=O) groups is 2. The zero-order valence-electron chi connectivity index (χ0n) is 20.6. The summed E-state index contributed by atoms with van der Waals surface area (Å²) in [6.07, 6.45) is 1.75. The molecule has 3 saturated heterocycles. The molecule has 7 nitrogen and oxygen atoms in total. The Labute approximate surface area is 226 Å². The Hall–Kier alpha value is -3.62. The van der Waals surface area contributed by atoms with E-state index in [1.165, 1.54) is 4.90 Å². The third-order valence-corrected chi connectivity index (χ3v) is 9.62. The SMILES string of the molecule is Cc1ccc(N2C(=O)[C@H]3[C@H]4CCCN4[C@@]4(c5ccccc5-n5c4nc4ccccc4c5=O)[C@H]3C2=O)c(Br)c1. The lowest BCUT2D eigenvalue weighted by molar-refractivity contribution is -0.124. The maximum Gasteiger partial charge on any atom is 0.266 e. The van der Waals surface area contributed by atoms with Gasteiger partial charge in [-0.15, -0.1) is 0 Å². The lowest BCUT2D eigenvalue weighted by Gasteiger charge is -2.38. The quantitative estimate of drug-likeness (QED) is 0.321. The Bertz CT molecular complexity index is 1800. The summed E-state index contributed by atoms with van der Waals surface area (Å²) in [5.41, 5.74) is 2.68. The predicted molar refractivity (Wildman–Crippen MR) is 146 cm³/mol. The van der Waals surface area contributed by atoms with Crippen LogP contribution in [-0.2, 0) is 15.1 Å². The summed E-state index contributed by atoms with van der Waals surface area (Å²) < 4.78 is 2.40. The van der Waals surface area contributed by atoms with E-state index in [0.29, 0.717) is 26.9 Å². The molecular weight excluding hydrogens is 544 g/mol. The molecule has 3 fully saturated rings. The summed E-state index contributed by atoms with van der Waals surface area (Å²) in [6.45, 7) is 2.71. The summed E-state index contributed by atoms with van der Waals surface area (Å²) in [7, 11) is 0. The van der Waals surface area contributed by atoms with Crippen molar-refractivity contribution in [1.29, 1.82) is 0 Å². The van der Waals surface area contributed by atoms with E-state index in [-0.39, 0.29) is 23.4 Å². The van der Waals surface area contributed by atoms with Crippen molar-refractivity contribution in [2.45, 2.75) is 31.3 Å². The number of nitrogens with zero attached hydrogens (tertiary/aromatic N) is 4. The zero-order chi connectivity index (χ0) is 25.9. The molecule has 188 valence electrons. The molecule has 0 radical (unpaired) electrons. The smallest absolute Gasteiger partial charge is 0.266 e. The van der Waals surface area contributed by atoms with E-state index >= 15 is 0 Å². The minimum absolute atomic E-state index is 0.103. The molecule has 8 heteroatoms. The van der Waals surface area contributed by atoms with E-state index in [4.69, 9.17) is 4.98 Å². The lowest BCUT2D eigenvalue weighted by atomic mass is 9.75. The van der Waals surface area contributed by atoms with Crippen LogP contribution in [-0.4, -0.2) is 38.9 Å². The summed E-state index contributed by atoms with van der Waals surface area (Å²) in [5, 5.41) is 0.537.